The van der Waals surface area contributed by atoms with E-state index in [2.05, 4.69) is 27.7 Å². The summed E-state index contributed by atoms with van der Waals surface area (Å²) in [5.74, 6) is 1.53. The maximum atomic E-state index is 13.3. The fourth-order valence-electron chi connectivity index (χ4n) is 4.51. The van der Waals surface area contributed by atoms with Crippen LogP contribution in [-0.4, -0.2) is 6.10 Å². The molecular formula is C30H39ClO3. The molecule has 1 saturated carbocycles. The van der Waals surface area contributed by atoms with Crippen molar-refractivity contribution in [3.05, 3.63) is 63.5 Å². The van der Waals surface area contributed by atoms with Crippen LogP contribution in [0.2, 0.25) is 5.02 Å². The average molecular weight is 483 g/mol. The van der Waals surface area contributed by atoms with Gasteiger partial charge in [0.15, 0.2) is 0 Å². The molecule has 0 bridgehead atoms. The second-order valence-corrected chi connectivity index (χ2v) is 11.3. The second kappa shape index (κ2) is 11.4. The van der Waals surface area contributed by atoms with Gasteiger partial charge < -0.3 is 9.15 Å². The minimum Gasteiger partial charge on any atom is -0.490 e. The molecule has 2 aromatic carbocycles. The Morgan fingerprint density at radius 1 is 1.06 bits per heavy atom. The summed E-state index contributed by atoms with van der Waals surface area (Å²) < 4.78 is 12.3. The van der Waals surface area contributed by atoms with Crippen molar-refractivity contribution in [3.63, 3.8) is 0 Å². The summed E-state index contributed by atoms with van der Waals surface area (Å²) in [6.45, 7) is 13.1. The van der Waals surface area contributed by atoms with Crippen LogP contribution in [0.25, 0.3) is 22.1 Å². The zero-order valence-electron chi connectivity index (χ0n) is 21.5. The van der Waals surface area contributed by atoms with Crippen molar-refractivity contribution >= 4 is 22.6 Å². The molecule has 0 radical (unpaired) electrons. The average Bonchev–Trinajstić information content (AvgIpc) is 3.27. The number of fused-ring (bicyclic) bond motifs is 1. The third kappa shape index (κ3) is 6.88. The van der Waals surface area contributed by atoms with Crippen LogP contribution < -0.4 is 10.2 Å². The summed E-state index contributed by atoms with van der Waals surface area (Å²) in [6.07, 6.45) is 7.54. The predicted octanol–water partition coefficient (Wildman–Crippen LogP) is 9.39. The maximum Gasteiger partial charge on any atom is 0.200 e. The lowest BCUT2D eigenvalue weighted by Gasteiger charge is -2.15. The number of benzene rings is 2. The van der Waals surface area contributed by atoms with Crippen molar-refractivity contribution in [1.29, 1.82) is 0 Å². The zero-order valence-corrected chi connectivity index (χ0v) is 22.3. The van der Waals surface area contributed by atoms with E-state index in [4.69, 9.17) is 20.8 Å². The summed E-state index contributed by atoms with van der Waals surface area (Å²) in [4.78, 5) is 13.3. The molecule has 0 saturated heterocycles. The Morgan fingerprint density at radius 3 is 2.24 bits per heavy atom. The van der Waals surface area contributed by atoms with E-state index in [-0.39, 0.29) is 17.5 Å². The largest absolute Gasteiger partial charge is 0.490 e. The first kappa shape index (κ1) is 26.3. The summed E-state index contributed by atoms with van der Waals surface area (Å²) >= 11 is 6.01. The van der Waals surface area contributed by atoms with Gasteiger partial charge in [0.05, 0.1) is 17.1 Å². The summed E-state index contributed by atoms with van der Waals surface area (Å²) in [7, 11) is 0. The molecular weight excluding hydrogens is 444 g/mol. The SMILES string of the molecule is CC(C)c1oc2cc(OC3CCCC3)ccc2c(=O)c1-c1ccc(Cl)cc1.CCCC(C)(C)C. The zero-order chi connectivity index (χ0) is 24.9. The molecule has 184 valence electrons. The number of hydrogen-bond acceptors (Lipinski definition) is 3. The minimum atomic E-state index is -0.0188. The highest BCUT2D eigenvalue weighted by molar-refractivity contribution is 6.30. The molecule has 3 aromatic rings. The molecule has 0 aliphatic heterocycles. The standard InChI is InChI=1S/C23H23ClO3.C7H16/c1-14(2)23-21(15-7-9-16(24)10-8-15)22(25)19-12-11-18(13-20(19)27-23)26-17-5-3-4-6-17;1-5-6-7(2,3)4/h7-14,17H,3-6H2,1-2H3;5-6H2,1-4H3. The van der Waals surface area contributed by atoms with Crippen molar-refractivity contribution in [2.24, 2.45) is 5.41 Å². The Labute approximate surface area is 209 Å². The molecule has 0 amide bonds. The van der Waals surface area contributed by atoms with E-state index >= 15 is 0 Å². The van der Waals surface area contributed by atoms with Crippen LogP contribution in [0.4, 0.5) is 0 Å². The van der Waals surface area contributed by atoms with Gasteiger partial charge in [-0.15, -0.1) is 0 Å². The van der Waals surface area contributed by atoms with Crippen molar-refractivity contribution in [1.82, 2.24) is 0 Å². The predicted molar refractivity (Wildman–Crippen MR) is 144 cm³/mol. The van der Waals surface area contributed by atoms with Crippen molar-refractivity contribution in [2.45, 2.75) is 92.1 Å². The molecule has 1 fully saturated rings. The molecule has 34 heavy (non-hydrogen) atoms. The molecule has 1 aliphatic carbocycles. The maximum absolute atomic E-state index is 13.3. The third-order valence-electron chi connectivity index (χ3n) is 6.15. The first-order valence-corrected chi connectivity index (χ1v) is 13.0. The van der Waals surface area contributed by atoms with Crippen LogP contribution >= 0.6 is 11.6 Å². The highest BCUT2D eigenvalue weighted by Gasteiger charge is 2.20. The summed E-state index contributed by atoms with van der Waals surface area (Å²) in [5, 5.41) is 1.21. The van der Waals surface area contributed by atoms with E-state index in [9.17, 15) is 4.79 Å². The first-order chi connectivity index (χ1) is 16.1. The first-order valence-electron chi connectivity index (χ1n) is 12.6. The Bertz CT molecular complexity index is 1130. The van der Waals surface area contributed by atoms with Gasteiger partial charge in [-0.2, -0.15) is 0 Å². The van der Waals surface area contributed by atoms with Crippen molar-refractivity contribution in [2.75, 3.05) is 0 Å². The molecule has 4 rings (SSSR count). The van der Waals surface area contributed by atoms with Gasteiger partial charge in [0.25, 0.3) is 0 Å². The van der Waals surface area contributed by atoms with Gasteiger partial charge in [-0.05, 0) is 67.3 Å². The highest BCUT2D eigenvalue weighted by atomic mass is 35.5. The summed E-state index contributed by atoms with van der Waals surface area (Å²) in [5.41, 5.74) is 2.55. The topological polar surface area (TPSA) is 39.4 Å². The number of ether oxygens (including phenoxy) is 1. The number of hydrogen-bond donors (Lipinski definition) is 0. The van der Waals surface area contributed by atoms with Gasteiger partial charge in [0, 0.05) is 17.0 Å². The Morgan fingerprint density at radius 2 is 1.71 bits per heavy atom. The van der Waals surface area contributed by atoms with Crippen LogP contribution in [0, 0.1) is 5.41 Å². The summed E-state index contributed by atoms with van der Waals surface area (Å²) in [6, 6.07) is 12.9. The van der Waals surface area contributed by atoms with Gasteiger partial charge in [-0.25, -0.2) is 0 Å². The lowest BCUT2D eigenvalue weighted by atomic mass is 9.91. The van der Waals surface area contributed by atoms with E-state index in [0.29, 0.717) is 32.7 Å². The highest BCUT2D eigenvalue weighted by Crippen LogP contribution is 2.32. The lowest BCUT2D eigenvalue weighted by Crippen LogP contribution is -2.12. The monoisotopic (exact) mass is 482 g/mol. The van der Waals surface area contributed by atoms with Crippen molar-refractivity contribution < 1.29 is 9.15 Å². The molecule has 0 N–H and O–H groups in total. The number of rotatable bonds is 5. The quantitative estimate of drug-likeness (QED) is 0.363. The lowest BCUT2D eigenvalue weighted by molar-refractivity contribution is 0.210. The second-order valence-electron chi connectivity index (χ2n) is 10.8. The molecule has 0 unspecified atom stereocenters. The van der Waals surface area contributed by atoms with E-state index in [1.165, 1.54) is 25.7 Å². The molecule has 1 aliphatic rings. The van der Waals surface area contributed by atoms with E-state index in [1.54, 1.807) is 12.1 Å². The van der Waals surface area contributed by atoms with E-state index in [1.807, 2.05) is 44.2 Å². The number of halogens is 1. The molecule has 0 atom stereocenters. The molecule has 0 spiro atoms. The van der Waals surface area contributed by atoms with Crippen molar-refractivity contribution in [3.8, 4) is 16.9 Å². The smallest absolute Gasteiger partial charge is 0.200 e. The Kier molecular flexibility index (Phi) is 8.87. The van der Waals surface area contributed by atoms with Gasteiger partial charge >= 0.3 is 0 Å². The van der Waals surface area contributed by atoms with E-state index in [0.717, 1.165) is 24.2 Å². The molecule has 4 heteroatoms. The molecule has 1 heterocycles. The molecule has 3 nitrogen and oxygen atoms in total. The van der Waals surface area contributed by atoms with Gasteiger partial charge in [0.2, 0.25) is 5.43 Å². The normalized spacial score (nSPS) is 14.4. The third-order valence-corrected chi connectivity index (χ3v) is 6.41. The van der Waals surface area contributed by atoms with Crippen LogP contribution in [-0.2, 0) is 0 Å². The fourth-order valence-corrected chi connectivity index (χ4v) is 4.64. The van der Waals surface area contributed by atoms with Gasteiger partial charge in [-0.1, -0.05) is 71.7 Å². The Hall–Kier alpha value is -2.26. The van der Waals surface area contributed by atoms with Gasteiger partial charge in [0.1, 0.15) is 17.1 Å². The fraction of sp³-hybridized carbons (Fsp3) is 0.500. The Balaban J connectivity index is 0.000000406. The van der Waals surface area contributed by atoms with Crippen LogP contribution in [0.3, 0.4) is 0 Å². The van der Waals surface area contributed by atoms with Gasteiger partial charge in [-0.3, -0.25) is 4.79 Å². The van der Waals surface area contributed by atoms with E-state index < -0.39 is 0 Å². The van der Waals surface area contributed by atoms with Crippen LogP contribution in [0.5, 0.6) is 5.75 Å². The minimum absolute atomic E-state index is 0.0188. The van der Waals surface area contributed by atoms with Crippen LogP contribution in [0.1, 0.15) is 91.7 Å². The molecule has 1 aromatic heterocycles. The van der Waals surface area contributed by atoms with Crippen LogP contribution in [0.15, 0.2) is 51.7 Å².